The second-order valence-corrected chi connectivity index (χ2v) is 6.39. The van der Waals surface area contributed by atoms with Gasteiger partial charge < -0.3 is 9.15 Å². The highest BCUT2D eigenvalue weighted by Crippen LogP contribution is 2.28. The third-order valence-electron chi connectivity index (χ3n) is 4.21. The van der Waals surface area contributed by atoms with E-state index in [4.69, 9.17) is 20.8 Å². The number of esters is 1. The van der Waals surface area contributed by atoms with E-state index in [0.29, 0.717) is 21.5 Å². The Morgan fingerprint density at radius 1 is 0.964 bits per heavy atom. The molecule has 1 aromatic heterocycles. The molecule has 3 aromatic carbocycles. The molecule has 0 amide bonds. The Bertz CT molecular complexity index is 1260. The molecule has 0 aliphatic rings. The van der Waals surface area contributed by atoms with Crippen LogP contribution in [0.5, 0.6) is 5.75 Å². The van der Waals surface area contributed by atoms with Gasteiger partial charge in [-0.3, -0.25) is 4.79 Å². The van der Waals surface area contributed by atoms with Crippen LogP contribution < -0.4 is 10.2 Å². The Labute approximate surface area is 163 Å². The van der Waals surface area contributed by atoms with Gasteiger partial charge >= 0.3 is 5.97 Å². The zero-order chi connectivity index (χ0) is 19.7. The van der Waals surface area contributed by atoms with Crippen LogP contribution in [0.1, 0.15) is 10.4 Å². The van der Waals surface area contributed by atoms with E-state index in [1.54, 1.807) is 24.3 Å². The molecule has 4 nitrogen and oxygen atoms in total. The van der Waals surface area contributed by atoms with Gasteiger partial charge in [-0.25, -0.2) is 9.18 Å². The number of rotatable bonds is 3. The zero-order valence-corrected chi connectivity index (χ0v) is 15.1. The van der Waals surface area contributed by atoms with Crippen LogP contribution in [0.25, 0.3) is 22.1 Å². The Morgan fingerprint density at radius 2 is 1.71 bits per heavy atom. The summed E-state index contributed by atoms with van der Waals surface area (Å²) in [5.41, 5.74) is 0.683. The summed E-state index contributed by atoms with van der Waals surface area (Å²) in [5, 5.41) is 0.743. The van der Waals surface area contributed by atoms with Gasteiger partial charge in [0.1, 0.15) is 23.4 Å². The second-order valence-electron chi connectivity index (χ2n) is 5.99. The van der Waals surface area contributed by atoms with Crippen LogP contribution in [-0.2, 0) is 0 Å². The molecule has 0 unspecified atom stereocenters. The lowest BCUT2D eigenvalue weighted by molar-refractivity contribution is 0.0730. The first-order chi connectivity index (χ1) is 13.5. The first-order valence-electron chi connectivity index (χ1n) is 8.32. The van der Waals surface area contributed by atoms with E-state index in [0.717, 1.165) is 0 Å². The van der Waals surface area contributed by atoms with Crippen molar-refractivity contribution >= 4 is 28.5 Å². The van der Waals surface area contributed by atoms with E-state index < -0.39 is 11.8 Å². The van der Waals surface area contributed by atoms with Crippen molar-refractivity contribution in [1.82, 2.24) is 0 Å². The Kier molecular flexibility index (Phi) is 4.67. The summed E-state index contributed by atoms with van der Waals surface area (Å²) in [6.07, 6.45) is 1.31. The molecule has 0 radical (unpaired) electrons. The number of carbonyl (C=O) groups is 1. The highest BCUT2D eigenvalue weighted by Gasteiger charge is 2.16. The van der Waals surface area contributed by atoms with Gasteiger partial charge in [-0.2, -0.15) is 0 Å². The van der Waals surface area contributed by atoms with Gasteiger partial charge in [0.2, 0.25) is 5.43 Å². The molecule has 0 aliphatic heterocycles. The first kappa shape index (κ1) is 17.9. The maximum absolute atomic E-state index is 13.7. The molecule has 0 saturated heterocycles. The maximum Gasteiger partial charge on any atom is 0.346 e. The zero-order valence-electron chi connectivity index (χ0n) is 14.3. The van der Waals surface area contributed by atoms with Crippen LogP contribution in [0.2, 0.25) is 5.02 Å². The largest absolute Gasteiger partial charge is 0.463 e. The van der Waals surface area contributed by atoms with E-state index in [-0.39, 0.29) is 22.3 Å². The SMILES string of the molecule is O=C(Oc1ccc2c(=O)c(-c3ccccc3Cl)coc2c1)c1ccccc1F. The third kappa shape index (κ3) is 3.28. The lowest BCUT2D eigenvalue weighted by Gasteiger charge is -2.07. The van der Waals surface area contributed by atoms with Crippen molar-refractivity contribution in [2.24, 2.45) is 0 Å². The normalized spacial score (nSPS) is 10.8. The van der Waals surface area contributed by atoms with E-state index in [1.807, 2.05) is 0 Å². The average molecular weight is 395 g/mol. The second kappa shape index (κ2) is 7.29. The molecular formula is C22H12ClFO4. The van der Waals surface area contributed by atoms with Crippen molar-refractivity contribution in [1.29, 1.82) is 0 Å². The lowest BCUT2D eigenvalue weighted by Crippen LogP contribution is -2.11. The molecule has 0 N–H and O–H groups in total. The fraction of sp³-hybridized carbons (Fsp3) is 0. The minimum Gasteiger partial charge on any atom is -0.463 e. The number of hydrogen-bond acceptors (Lipinski definition) is 4. The minimum absolute atomic E-state index is 0.134. The Hall–Kier alpha value is -3.44. The monoisotopic (exact) mass is 394 g/mol. The van der Waals surface area contributed by atoms with Crippen molar-refractivity contribution < 1.29 is 18.3 Å². The smallest absolute Gasteiger partial charge is 0.346 e. The summed E-state index contributed by atoms with van der Waals surface area (Å²) < 4.78 is 24.5. The van der Waals surface area contributed by atoms with Gasteiger partial charge in [0.25, 0.3) is 0 Å². The Balaban J connectivity index is 1.70. The Morgan fingerprint density at radius 3 is 2.50 bits per heavy atom. The van der Waals surface area contributed by atoms with Gasteiger partial charge in [0.15, 0.2) is 0 Å². The molecule has 138 valence electrons. The van der Waals surface area contributed by atoms with Crippen LogP contribution >= 0.6 is 11.6 Å². The van der Waals surface area contributed by atoms with Crippen LogP contribution in [-0.4, -0.2) is 5.97 Å². The third-order valence-corrected chi connectivity index (χ3v) is 4.54. The molecule has 0 fully saturated rings. The summed E-state index contributed by atoms with van der Waals surface area (Å²) in [6.45, 7) is 0. The van der Waals surface area contributed by atoms with E-state index >= 15 is 0 Å². The van der Waals surface area contributed by atoms with Crippen LogP contribution in [0.3, 0.4) is 0 Å². The highest BCUT2D eigenvalue weighted by molar-refractivity contribution is 6.33. The van der Waals surface area contributed by atoms with E-state index in [2.05, 4.69) is 0 Å². The number of hydrogen-bond donors (Lipinski definition) is 0. The number of ether oxygens (including phenoxy) is 1. The fourth-order valence-electron chi connectivity index (χ4n) is 2.83. The standard InChI is InChI=1S/C22H12ClFO4/c23-18-7-3-1-5-14(18)17-12-27-20-11-13(9-10-16(20)21(17)25)28-22(26)15-6-2-4-8-19(15)24/h1-12H. The average Bonchev–Trinajstić information content (AvgIpc) is 2.69. The lowest BCUT2D eigenvalue weighted by atomic mass is 10.1. The molecule has 0 aliphatic carbocycles. The molecule has 28 heavy (non-hydrogen) atoms. The summed E-state index contributed by atoms with van der Waals surface area (Å²) >= 11 is 6.17. The summed E-state index contributed by atoms with van der Waals surface area (Å²) in [7, 11) is 0. The van der Waals surface area contributed by atoms with E-state index in [1.165, 1.54) is 48.7 Å². The van der Waals surface area contributed by atoms with Crippen molar-refractivity contribution in [2.75, 3.05) is 0 Å². The fourth-order valence-corrected chi connectivity index (χ4v) is 3.06. The molecular weight excluding hydrogens is 383 g/mol. The van der Waals surface area contributed by atoms with Crippen molar-refractivity contribution in [3.8, 4) is 16.9 Å². The van der Waals surface area contributed by atoms with Crippen LogP contribution in [0.4, 0.5) is 4.39 Å². The topological polar surface area (TPSA) is 56.5 Å². The van der Waals surface area contributed by atoms with Crippen LogP contribution in [0, 0.1) is 5.82 Å². The van der Waals surface area contributed by atoms with Crippen molar-refractivity contribution in [3.05, 3.63) is 99.6 Å². The molecule has 4 aromatic rings. The van der Waals surface area contributed by atoms with Gasteiger partial charge in [0.05, 0.1) is 16.5 Å². The van der Waals surface area contributed by atoms with Crippen molar-refractivity contribution in [2.45, 2.75) is 0 Å². The summed E-state index contributed by atoms with van der Waals surface area (Å²) in [4.78, 5) is 25.0. The van der Waals surface area contributed by atoms with Gasteiger partial charge in [-0.15, -0.1) is 0 Å². The van der Waals surface area contributed by atoms with E-state index in [9.17, 15) is 14.0 Å². The summed E-state index contributed by atoms with van der Waals surface area (Å²) in [5.74, 6) is -1.38. The minimum atomic E-state index is -0.840. The van der Waals surface area contributed by atoms with Crippen LogP contribution in [0.15, 0.2) is 82.2 Å². The van der Waals surface area contributed by atoms with Gasteiger partial charge in [-0.1, -0.05) is 41.9 Å². The quantitative estimate of drug-likeness (QED) is 0.341. The highest BCUT2D eigenvalue weighted by atomic mass is 35.5. The number of benzene rings is 3. The van der Waals surface area contributed by atoms with Gasteiger partial charge in [0, 0.05) is 16.7 Å². The molecule has 6 heteroatoms. The molecule has 4 rings (SSSR count). The molecule has 1 heterocycles. The molecule has 0 spiro atoms. The number of halogens is 2. The van der Waals surface area contributed by atoms with Crippen molar-refractivity contribution in [3.63, 3.8) is 0 Å². The molecule has 0 saturated carbocycles. The molecule has 0 atom stereocenters. The van der Waals surface area contributed by atoms with Gasteiger partial charge in [-0.05, 0) is 30.3 Å². The predicted molar refractivity (Wildman–Crippen MR) is 104 cm³/mol. The maximum atomic E-state index is 13.7. The first-order valence-corrected chi connectivity index (χ1v) is 8.69. The number of carbonyl (C=O) groups excluding carboxylic acids is 1. The summed E-state index contributed by atoms with van der Waals surface area (Å²) in [6, 6.07) is 16.8. The molecule has 0 bridgehead atoms. The number of fused-ring (bicyclic) bond motifs is 1. The predicted octanol–water partition coefficient (Wildman–Crippen LogP) is 5.47.